The van der Waals surface area contributed by atoms with Crippen LogP contribution in [0.2, 0.25) is 5.02 Å². The van der Waals surface area contributed by atoms with Crippen LogP contribution < -0.4 is 4.74 Å². The van der Waals surface area contributed by atoms with Crippen LogP contribution in [0.5, 0.6) is 11.6 Å². The van der Waals surface area contributed by atoms with Gasteiger partial charge in [-0.2, -0.15) is 10.4 Å². The molecular weight excluding hydrogens is 257 g/mol. The monoisotopic (exact) mass is 265 g/mol. The first-order valence-electron chi connectivity index (χ1n) is 5.09. The molecule has 6 heteroatoms. The zero-order valence-electron chi connectivity index (χ0n) is 9.74. The molecule has 0 aliphatic heterocycles. The minimum atomic E-state index is -0.522. The normalized spacial score (nSPS) is 10.2. The van der Waals surface area contributed by atoms with Gasteiger partial charge in [-0.15, -0.1) is 0 Å². The van der Waals surface area contributed by atoms with Gasteiger partial charge in [0.25, 0.3) is 0 Å². The smallest absolute Gasteiger partial charge is 0.235 e. The summed E-state index contributed by atoms with van der Waals surface area (Å²) in [7, 11) is 1.66. The summed E-state index contributed by atoms with van der Waals surface area (Å²) in [6.07, 6.45) is 0. The summed E-state index contributed by atoms with van der Waals surface area (Å²) in [5, 5.41) is 13.1. The summed E-state index contributed by atoms with van der Waals surface area (Å²) in [5.74, 6) is 0.129. The Kier molecular flexibility index (Phi) is 3.21. The minimum Gasteiger partial charge on any atom is -0.438 e. The Hall–Kier alpha value is -2.06. The molecule has 0 N–H and O–H groups in total. The lowest BCUT2D eigenvalue weighted by Gasteiger charge is -2.06. The maximum Gasteiger partial charge on any atom is 0.235 e. The van der Waals surface area contributed by atoms with E-state index in [1.807, 2.05) is 6.07 Å². The van der Waals surface area contributed by atoms with E-state index in [9.17, 15) is 4.39 Å². The van der Waals surface area contributed by atoms with Gasteiger partial charge in [0.05, 0.1) is 10.7 Å². The molecule has 18 heavy (non-hydrogen) atoms. The van der Waals surface area contributed by atoms with Crippen LogP contribution in [-0.2, 0) is 7.05 Å². The van der Waals surface area contributed by atoms with Crippen LogP contribution in [0.1, 0.15) is 11.3 Å². The van der Waals surface area contributed by atoms with Gasteiger partial charge in [-0.05, 0) is 19.1 Å². The molecule has 92 valence electrons. The van der Waals surface area contributed by atoms with Crippen molar-refractivity contribution in [2.24, 2.45) is 7.05 Å². The molecule has 4 nitrogen and oxygen atoms in total. The highest BCUT2D eigenvalue weighted by Crippen LogP contribution is 2.29. The molecule has 0 spiro atoms. The standard InChI is InChI=1S/C12H9ClFN3O/c1-7-9(6-15)12(17(2)16-7)18-8-3-4-11(14)10(13)5-8/h3-5H,1-2H3. The molecule has 0 aliphatic rings. The van der Waals surface area contributed by atoms with Crippen LogP contribution in [-0.4, -0.2) is 9.78 Å². The molecular formula is C12H9ClFN3O. The minimum absolute atomic E-state index is 0.0371. The number of hydrogen-bond acceptors (Lipinski definition) is 3. The quantitative estimate of drug-likeness (QED) is 0.838. The molecule has 0 aliphatic carbocycles. The fourth-order valence-electron chi connectivity index (χ4n) is 1.53. The molecule has 0 bridgehead atoms. The molecule has 1 heterocycles. The Labute approximate surface area is 108 Å². The highest BCUT2D eigenvalue weighted by Gasteiger charge is 2.15. The van der Waals surface area contributed by atoms with E-state index < -0.39 is 5.82 Å². The Balaban J connectivity index is 2.40. The first-order chi connectivity index (χ1) is 8.52. The number of nitriles is 1. The second-order valence-corrected chi connectivity index (χ2v) is 4.09. The van der Waals surface area contributed by atoms with Crippen molar-refractivity contribution >= 4 is 11.6 Å². The van der Waals surface area contributed by atoms with Gasteiger partial charge in [0.2, 0.25) is 5.88 Å². The molecule has 2 rings (SSSR count). The van der Waals surface area contributed by atoms with E-state index in [4.69, 9.17) is 21.6 Å². The van der Waals surface area contributed by atoms with Gasteiger partial charge in [-0.1, -0.05) is 11.6 Å². The highest BCUT2D eigenvalue weighted by molar-refractivity contribution is 6.30. The van der Waals surface area contributed by atoms with E-state index in [1.165, 1.54) is 22.9 Å². The van der Waals surface area contributed by atoms with Crippen LogP contribution in [0.25, 0.3) is 0 Å². The molecule has 2 aromatic rings. The molecule has 0 atom stereocenters. The van der Waals surface area contributed by atoms with Gasteiger partial charge in [-0.3, -0.25) is 0 Å². The fraction of sp³-hybridized carbons (Fsp3) is 0.167. The van der Waals surface area contributed by atoms with Crippen molar-refractivity contribution in [3.63, 3.8) is 0 Å². The number of halogens is 2. The predicted octanol–water partition coefficient (Wildman–Crippen LogP) is 3.19. The first-order valence-corrected chi connectivity index (χ1v) is 5.47. The average molecular weight is 266 g/mol. The number of benzene rings is 1. The first kappa shape index (κ1) is 12.4. The number of rotatable bonds is 2. The highest BCUT2D eigenvalue weighted by atomic mass is 35.5. The van der Waals surface area contributed by atoms with Crippen LogP contribution in [0.3, 0.4) is 0 Å². The maximum atomic E-state index is 13.0. The third-order valence-electron chi connectivity index (χ3n) is 2.39. The van der Waals surface area contributed by atoms with E-state index >= 15 is 0 Å². The van der Waals surface area contributed by atoms with Gasteiger partial charge in [0, 0.05) is 13.1 Å². The third kappa shape index (κ3) is 2.15. The van der Waals surface area contributed by atoms with Crippen molar-refractivity contribution in [3.8, 4) is 17.7 Å². The van der Waals surface area contributed by atoms with E-state index in [0.717, 1.165) is 0 Å². The lowest BCUT2D eigenvalue weighted by molar-refractivity contribution is 0.428. The van der Waals surface area contributed by atoms with Crippen LogP contribution in [0.4, 0.5) is 4.39 Å². The fourth-order valence-corrected chi connectivity index (χ4v) is 1.71. The molecule has 0 saturated carbocycles. The van der Waals surface area contributed by atoms with E-state index in [-0.39, 0.29) is 5.02 Å². The number of nitrogens with zero attached hydrogens (tertiary/aromatic N) is 3. The second-order valence-electron chi connectivity index (χ2n) is 3.68. The van der Waals surface area contributed by atoms with Crippen LogP contribution in [0, 0.1) is 24.1 Å². The number of hydrogen-bond donors (Lipinski definition) is 0. The van der Waals surface area contributed by atoms with Gasteiger partial charge in [-0.25, -0.2) is 9.07 Å². The lowest BCUT2D eigenvalue weighted by Crippen LogP contribution is -1.96. The van der Waals surface area contributed by atoms with E-state index in [0.29, 0.717) is 22.9 Å². The third-order valence-corrected chi connectivity index (χ3v) is 2.68. The topological polar surface area (TPSA) is 50.8 Å². The molecule has 0 radical (unpaired) electrons. The molecule has 1 aromatic heterocycles. The summed E-state index contributed by atoms with van der Waals surface area (Å²) in [6.45, 7) is 1.71. The second kappa shape index (κ2) is 4.67. The van der Waals surface area contributed by atoms with Gasteiger partial charge < -0.3 is 4.74 Å². The summed E-state index contributed by atoms with van der Waals surface area (Å²) >= 11 is 5.66. The van der Waals surface area contributed by atoms with Crippen molar-refractivity contribution in [1.29, 1.82) is 5.26 Å². The van der Waals surface area contributed by atoms with E-state index in [2.05, 4.69) is 5.10 Å². The number of aromatic nitrogens is 2. The van der Waals surface area contributed by atoms with Crippen LogP contribution in [0.15, 0.2) is 18.2 Å². The largest absolute Gasteiger partial charge is 0.438 e. The Morgan fingerprint density at radius 3 is 2.83 bits per heavy atom. The maximum absolute atomic E-state index is 13.0. The van der Waals surface area contributed by atoms with Crippen molar-refractivity contribution in [2.75, 3.05) is 0 Å². The molecule has 0 fully saturated rings. The molecule has 0 unspecified atom stereocenters. The predicted molar refractivity (Wildman–Crippen MR) is 64.1 cm³/mol. The zero-order valence-corrected chi connectivity index (χ0v) is 10.5. The summed E-state index contributed by atoms with van der Waals surface area (Å²) < 4.78 is 20.0. The van der Waals surface area contributed by atoms with Crippen molar-refractivity contribution in [1.82, 2.24) is 9.78 Å². The van der Waals surface area contributed by atoms with Crippen molar-refractivity contribution < 1.29 is 9.13 Å². The summed E-state index contributed by atoms with van der Waals surface area (Å²) in [5.41, 5.74) is 0.918. The molecule has 0 amide bonds. The van der Waals surface area contributed by atoms with Gasteiger partial charge in [0.15, 0.2) is 0 Å². The van der Waals surface area contributed by atoms with E-state index in [1.54, 1.807) is 14.0 Å². The number of ether oxygens (including phenoxy) is 1. The Morgan fingerprint density at radius 2 is 2.22 bits per heavy atom. The Morgan fingerprint density at radius 1 is 1.50 bits per heavy atom. The zero-order chi connectivity index (χ0) is 13.3. The summed E-state index contributed by atoms with van der Waals surface area (Å²) in [6, 6.07) is 6.00. The summed E-state index contributed by atoms with van der Waals surface area (Å²) in [4.78, 5) is 0. The van der Waals surface area contributed by atoms with Gasteiger partial charge in [0.1, 0.15) is 23.2 Å². The van der Waals surface area contributed by atoms with Gasteiger partial charge >= 0.3 is 0 Å². The van der Waals surface area contributed by atoms with Crippen LogP contribution >= 0.6 is 11.6 Å². The molecule has 0 saturated heterocycles. The SMILES string of the molecule is Cc1nn(C)c(Oc2ccc(F)c(Cl)c2)c1C#N. The average Bonchev–Trinajstić information content (AvgIpc) is 2.58. The number of aryl methyl sites for hydroxylation is 2. The molecule has 1 aromatic carbocycles. The van der Waals surface area contributed by atoms with Crippen molar-refractivity contribution in [2.45, 2.75) is 6.92 Å². The van der Waals surface area contributed by atoms with Crippen molar-refractivity contribution in [3.05, 3.63) is 40.3 Å². The Bertz CT molecular complexity index is 646. The lowest BCUT2D eigenvalue weighted by atomic mass is 10.3.